The average molecular weight is 994 g/mol. The standard InChI is InChI=1S/C59H110NO8P/c1-6-8-10-12-14-16-18-20-22-24-25-26-27-28-29-30-31-32-33-34-35-36-38-40-42-44-46-48-50-52-59(62)68-57(56-67-69(63,64)66-54-53-60(3,4)5)55-65-58(61)51-49-47-45-43-41-39-37-23-21-19-17-15-13-11-9-7-2/h18,20,23-25,27-28,37,57H,6-17,19,21-22,26,29-36,38-56H2,1-5H3/p+1/b20-18-,25-24-,28-27-,37-23-. The second kappa shape index (κ2) is 50.9. The number of unbranched alkanes of at least 4 members (excludes halogenated alkanes) is 31. The van der Waals surface area contributed by atoms with Crippen molar-refractivity contribution in [2.45, 2.75) is 270 Å². The first-order valence-corrected chi connectivity index (χ1v) is 30.4. The molecule has 0 saturated carbocycles. The minimum atomic E-state index is -4.39. The number of carbonyl (C=O) groups is 2. The largest absolute Gasteiger partial charge is 0.472 e. The Hall–Kier alpha value is -2.03. The molecule has 0 aliphatic heterocycles. The first kappa shape index (κ1) is 67.0. The van der Waals surface area contributed by atoms with Crippen LogP contribution in [0.15, 0.2) is 48.6 Å². The van der Waals surface area contributed by atoms with Crippen LogP contribution in [0.5, 0.6) is 0 Å². The van der Waals surface area contributed by atoms with Gasteiger partial charge in [-0.25, -0.2) is 4.57 Å². The van der Waals surface area contributed by atoms with Gasteiger partial charge < -0.3 is 18.9 Å². The predicted molar refractivity (Wildman–Crippen MR) is 293 cm³/mol. The molecule has 0 saturated heterocycles. The zero-order valence-corrected chi connectivity index (χ0v) is 46.7. The number of hydrogen-bond donors (Lipinski definition) is 1. The van der Waals surface area contributed by atoms with Gasteiger partial charge in [-0.05, 0) is 77.0 Å². The van der Waals surface area contributed by atoms with Crippen molar-refractivity contribution in [2.75, 3.05) is 47.5 Å². The van der Waals surface area contributed by atoms with Crippen molar-refractivity contribution in [3.05, 3.63) is 48.6 Å². The molecule has 0 heterocycles. The number of hydrogen-bond acceptors (Lipinski definition) is 7. The van der Waals surface area contributed by atoms with Crippen LogP contribution in [0.2, 0.25) is 0 Å². The number of quaternary nitrogens is 1. The minimum Gasteiger partial charge on any atom is -0.462 e. The third-order valence-corrected chi connectivity index (χ3v) is 13.6. The molecule has 2 atom stereocenters. The fraction of sp³-hybridized carbons (Fsp3) is 0.831. The first-order chi connectivity index (χ1) is 33.5. The van der Waals surface area contributed by atoms with Crippen molar-refractivity contribution in [3.8, 4) is 0 Å². The SMILES string of the molecule is CCCCCCC/C=C\C/C=C\C/C=C\CCCCCCCCCCCCCCCCC(=O)OC(COC(=O)CCCCCCC/C=C\CCCCCCCCC)COP(=O)(O)OCC[N+](C)(C)C. The molecular weight excluding hydrogens is 882 g/mol. The average Bonchev–Trinajstić information content (AvgIpc) is 3.31. The van der Waals surface area contributed by atoms with Crippen LogP contribution in [-0.4, -0.2) is 74.9 Å². The molecule has 0 aliphatic rings. The molecule has 10 heteroatoms. The van der Waals surface area contributed by atoms with Crippen LogP contribution >= 0.6 is 7.82 Å². The Morgan fingerprint density at radius 2 is 0.783 bits per heavy atom. The zero-order valence-electron chi connectivity index (χ0n) is 45.8. The number of rotatable bonds is 53. The van der Waals surface area contributed by atoms with Crippen LogP contribution in [0.3, 0.4) is 0 Å². The van der Waals surface area contributed by atoms with E-state index >= 15 is 0 Å². The lowest BCUT2D eigenvalue weighted by atomic mass is 10.0. The molecule has 0 rings (SSSR count). The molecule has 0 spiro atoms. The van der Waals surface area contributed by atoms with E-state index in [4.69, 9.17) is 18.5 Å². The summed E-state index contributed by atoms with van der Waals surface area (Å²) in [6.45, 7) is 4.43. The number of allylic oxidation sites excluding steroid dienone is 8. The van der Waals surface area contributed by atoms with Crippen LogP contribution in [-0.2, 0) is 32.7 Å². The summed E-state index contributed by atoms with van der Waals surface area (Å²) >= 11 is 0. The van der Waals surface area contributed by atoms with Gasteiger partial charge in [0.1, 0.15) is 19.8 Å². The highest BCUT2D eigenvalue weighted by atomic mass is 31.2. The van der Waals surface area contributed by atoms with Crippen molar-refractivity contribution < 1.29 is 42.1 Å². The zero-order chi connectivity index (χ0) is 50.6. The lowest BCUT2D eigenvalue weighted by Gasteiger charge is -2.24. The molecular formula is C59H111NO8P+. The summed E-state index contributed by atoms with van der Waals surface area (Å²) in [5, 5.41) is 0. The molecule has 2 unspecified atom stereocenters. The molecule has 0 amide bonds. The van der Waals surface area contributed by atoms with Crippen LogP contribution in [0.4, 0.5) is 0 Å². The lowest BCUT2D eigenvalue weighted by molar-refractivity contribution is -0.870. The fourth-order valence-corrected chi connectivity index (χ4v) is 8.82. The number of esters is 2. The summed E-state index contributed by atoms with van der Waals surface area (Å²) in [5.74, 6) is -0.800. The number of ether oxygens (including phenoxy) is 2. The van der Waals surface area contributed by atoms with E-state index in [-0.39, 0.29) is 32.0 Å². The molecule has 0 aliphatic carbocycles. The van der Waals surface area contributed by atoms with E-state index in [1.165, 1.54) is 167 Å². The lowest BCUT2D eigenvalue weighted by Crippen LogP contribution is -2.37. The molecule has 0 radical (unpaired) electrons. The van der Waals surface area contributed by atoms with Crippen molar-refractivity contribution in [3.63, 3.8) is 0 Å². The van der Waals surface area contributed by atoms with Crippen LogP contribution in [0.25, 0.3) is 0 Å². The van der Waals surface area contributed by atoms with E-state index in [0.717, 1.165) is 64.2 Å². The number of phosphoric acid groups is 1. The normalized spacial score (nSPS) is 13.7. The van der Waals surface area contributed by atoms with Gasteiger partial charge >= 0.3 is 19.8 Å². The summed E-state index contributed by atoms with van der Waals surface area (Å²) in [6, 6.07) is 0. The second-order valence-electron chi connectivity index (χ2n) is 20.7. The smallest absolute Gasteiger partial charge is 0.462 e. The van der Waals surface area contributed by atoms with Crippen molar-refractivity contribution in [1.29, 1.82) is 0 Å². The maximum Gasteiger partial charge on any atom is 0.472 e. The molecule has 0 bridgehead atoms. The molecule has 0 aromatic heterocycles. The van der Waals surface area contributed by atoms with Gasteiger partial charge in [-0.15, -0.1) is 0 Å². The minimum absolute atomic E-state index is 0.0303. The highest BCUT2D eigenvalue weighted by Crippen LogP contribution is 2.43. The van der Waals surface area contributed by atoms with Gasteiger partial charge in [0.15, 0.2) is 6.10 Å². The maximum absolute atomic E-state index is 12.8. The van der Waals surface area contributed by atoms with E-state index in [1.807, 2.05) is 21.1 Å². The van der Waals surface area contributed by atoms with Gasteiger partial charge in [0.05, 0.1) is 27.7 Å². The summed E-state index contributed by atoms with van der Waals surface area (Å²) in [4.78, 5) is 35.6. The Labute approximate surface area is 426 Å². The Morgan fingerprint density at radius 1 is 0.449 bits per heavy atom. The van der Waals surface area contributed by atoms with Crippen molar-refractivity contribution >= 4 is 19.8 Å². The van der Waals surface area contributed by atoms with Gasteiger partial charge in [0, 0.05) is 12.8 Å². The Morgan fingerprint density at radius 3 is 1.17 bits per heavy atom. The van der Waals surface area contributed by atoms with Gasteiger partial charge in [-0.1, -0.05) is 223 Å². The van der Waals surface area contributed by atoms with Gasteiger partial charge in [-0.3, -0.25) is 18.6 Å². The molecule has 0 fully saturated rings. The van der Waals surface area contributed by atoms with Crippen LogP contribution in [0.1, 0.15) is 264 Å². The fourth-order valence-electron chi connectivity index (χ4n) is 8.08. The molecule has 0 aromatic rings. The third-order valence-electron chi connectivity index (χ3n) is 12.6. The van der Waals surface area contributed by atoms with Gasteiger partial charge in [0.25, 0.3) is 0 Å². The molecule has 69 heavy (non-hydrogen) atoms. The van der Waals surface area contributed by atoms with Crippen molar-refractivity contribution in [2.24, 2.45) is 0 Å². The number of carbonyl (C=O) groups excluding carboxylic acids is 2. The first-order valence-electron chi connectivity index (χ1n) is 28.9. The van der Waals surface area contributed by atoms with Gasteiger partial charge in [-0.2, -0.15) is 0 Å². The van der Waals surface area contributed by atoms with E-state index < -0.39 is 26.5 Å². The molecule has 1 N–H and O–H groups in total. The molecule has 0 aromatic carbocycles. The summed E-state index contributed by atoms with van der Waals surface area (Å²) in [6.07, 6.45) is 63.2. The van der Waals surface area contributed by atoms with Crippen molar-refractivity contribution in [1.82, 2.24) is 0 Å². The van der Waals surface area contributed by atoms with Crippen LogP contribution < -0.4 is 0 Å². The predicted octanol–water partition coefficient (Wildman–Crippen LogP) is 17.8. The maximum atomic E-state index is 12.8. The Kier molecular flexibility index (Phi) is 49.4. The molecule has 404 valence electrons. The highest BCUT2D eigenvalue weighted by Gasteiger charge is 2.27. The van der Waals surface area contributed by atoms with E-state index in [0.29, 0.717) is 17.4 Å². The van der Waals surface area contributed by atoms with E-state index in [2.05, 4.69) is 62.5 Å². The highest BCUT2D eigenvalue weighted by molar-refractivity contribution is 7.47. The monoisotopic (exact) mass is 993 g/mol. The quantitative estimate of drug-likeness (QED) is 0.0211. The van der Waals surface area contributed by atoms with Crippen LogP contribution in [0, 0.1) is 0 Å². The van der Waals surface area contributed by atoms with E-state index in [1.54, 1.807) is 0 Å². The number of likely N-dealkylation sites (N-methyl/N-ethyl adjacent to an activating group) is 1. The number of nitrogens with zero attached hydrogens (tertiary/aromatic N) is 1. The summed E-state index contributed by atoms with van der Waals surface area (Å²) < 4.78 is 34.5. The topological polar surface area (TPSA) is 108 Å². The summed E-state index contributed by atoms with van der Waals surface area (Å²) in [5.41, 5.74) is 0. The third kappa shape index (κ3) is 55.1. The Bertz CT molecular complexity index is 1310. The molecule has 9 nitrogen and oxygen atoms in total. The van der Waals surface area contributed by atoms with Gasteiger partial charge in [0.2, 0.25) is 0 Å². The second-order valence-corrected chi connectivity index (χ2v) is 22.1. The summed E-state index contributed by atoms with van der Waals surface area (Å²) in [7, 11) is 1.48. The number of phosphoric ester groups is 1. The van der Waals surface area contributed by atoms with E-state index in [9.17, 15) is 19.0 Å². The Balaban J connectivity index is 4.12.